The maximum atomic E-state index is 2.51. The van der Waals surface area contributed by atoms with E-state index in [-0.39, 0.29) is 0 Å². The van der Waals surface area contributed by atoms with Crippen LogP contribution in [0.4, 0.5) is 17.1 Å². The van der Waals surface area contributed by atoms with E-state index in [1.54, 1.807) is 0 Å². The van der Waals surface area contributed by atoms with Crippen LogP contribution in [0.3, 0.4) is 0 Å². The highest BCUT2D eigenvalue weighted by molar-refractivity contribution is 6.13. The zero-order valence-corrected chi connectivity index (χ0v) is 34.5. The third kappa shape index (κ3) is 5.19. The minimum absolute atomic E-state index is 0.503. The van der Waals surface area contributed by atoms with Crippen LogP contribution in [0.15, 0.2) is 243 Å². The van der Waals surface area contributed by atoms with Crippen molar-refractivity contribution in [2.45, 2.75) is 5.41 Å². The summed E-state index contributed by atoms with van der Waals surface area (Å²) in [6, 6.07) is 89.5. The fourth-order valence-corrected chi connectivity index (χ4v) is 11.0. The van der Waals surface area contributed by atoms with Gasteiger partial charge in [0.15, 0.2) is 0 Å². The number of nitrogens with zero attached hydrogens (tertiary/aromatic N) is 2. The third-order valence-electron chi connectivity index (χ3n) is 13.6. The Morgan fingerprint density at radius 3 is 1.63 bits per heavy atom. The second-order valence-electron chi connectivity index (χ2n) is 16.8. The Morgan fingerprint density at radius 2 is 0.841 bits per heavy atom. The molecule has 1 unspecified atom stereocenters. The van der Waals surface area contributed by atoms with Crippen LogP contribution in [0.1, 0.15) is 22.3 Å². The number of para-hydroxylation sites is 3. The zero-order valence-electron chi connectivity index (χ0n) is 34.5. The summed E-state index contributed by atoms with van der Waals surface area (Å²) in [6.07, 6.45) is 0. The largest absolute Gasteiger partial charge is 0.310 e. The Labute approximate surface area is 367 Å². The smallest absolute Gasteiger partial charge is 0.0754 e. The van der Waals surface area contributed by atoms with Gasteiger partial charge >= 0.3 is 0 Å². The minimum atomic E-state index is -0.503. The summed E-state index contributed by atoms with van der Waals surface area (Å²) in [7, 11) is 0. The van der Waals surface area contributed by atoms with Gasteiger partial charge in [-0.1, -0.05) is 194 Å². The Hall–Kier alpha value is -8.20. The summed E-state index contributed by atoms with van der Waals surface area (Å²) in [5.74, 6) is 0. The van der Waals surface area contributed by atoms with Crippen molar-refractivity contribution in [3.05, 3.63) is 265 Å². The first-order valence-electron chi connectivity index (χ1n) is 21.8. The van der Waals surface area contributed by atoms with Crippen LogP contribution in [0.25, 0.3) is 72.0 Å². The normalized spacial score (nSPS) is 14.4. The van der Waals surface area contributed by atoms with Gasteiger partial charge in [-0.05, 0) is 115 Å². The van der Waals surface area contributed by atoms with E-state index in [1.807, 2.05) is 0 Å². The Bertz CT molecular complexity index is 3560. The number of hydrogen-bond acceptors (Lipinski definition) is 1. The van der Waals surface area contributed by atoms with Crippen LogP contribution < -0.4 is 4.90 Å². The van der Waals surface area contributed by atoms with Gasteiger partial charge in [-0.15, -0.1) is 0 Å². The van der Waals surface area contributed by atoms with Gasteiger partial charge < -0.3 is 9.47 Å². The van der Waals surface area contributed by atoms with Crippen LogP contribution >= 0.6 is 0 Å². The van der Waals surface area contributed by atoms with Crippen LogP contribution in [0, 0.1) is 0 Å². The highest BCUT2D eigenvalue weighted by Gasteiger charge is 2.50. The lowest BCUT2D eigenvalue weighted by atomic mass is 9.65. The summed E-state index contributed by atoms with van der Waals surface area (Å²) < 4.78 is 2.51. The molecule has 1 spiro atoms. The first-order valence-corrected chi connectivity index (χ1v) is 21.8. The molecule has 0 saturated heterocycles. The van der Waals surface area contributed by atoms with E-state index in [9.17, 15) is 0 Å². The van der Waals surface area contributed by atoms with Crippen molar-refractivity contribution in [1.29, 1.82) is 0 Å². The molecule has 1 aromatic heterocycles. The molecule has 2 aliphatic rings. The molecule has 0 amide bonds. The lowest BCUT2D eigenvalue weighted by Crippen LogP contribution is -2.33. The molecule has 1 atom stereocenters. The molecule has 0 bridgehead atoms. The average Bonchev–Trinajstić information content (AvgIpc) is 3.85. The summed E-state index contributed by atoms with van der Waals surface area (Å²) in [5.41, 5.74) is 21.6. The standard InChI is InChI=1S/C61H40N2/c1-3-17-41(18-4-1)44-21-15-22-46(39-44)62(45-35-33-43(34-36-45)49-24-8-7-23-48(49)42-19-5-2-6-20-42)47-37-38-55-53(40-47)50-25-9-11-28-54(50)61(55)56-29-12-14-32-59(56)63-58-31-13-10-26-51(58)52-27-16-30-57(61)60(52)63/h1-40H. The first-order chi connectivity index (χ1) is 31.3. The van der Waals surface area contributed by atoms with Crippen molar-refractivity contribution in [2.24, 2.45) is 0 Å². The lowest BCUT2D eigenvalue weighted by Gasteiger charge is -2.39. The topological polar surface area (TPSA) is 8.17 Å². The fourth-order valence-electron chi connectivity index (χ4n) is 11.0. The van der Waals surface area contributed by atoms with E-state index in [0.29, 0.717) is 0 Å². The van der Waals surface area contributed by atoms with Gasteiger partial charge in [0.2, 0.25) is 0 Å². The first kappa shape index (κ1) is 35.5. The SMILES string of the molecule is c1ccc(-c2cccc(N(c3ccc(-c4ccccc4-c4ccccc4)cc3)c3ccc4c(c3)-c3ccccc3C43c4ccccc4-n4c5ccccc5c5cccc3c54)c2)cc1. The molecular weight excluding hydrogens is 761 g/mol. The molecular formula is C61H40N2. The van der Waals surface area contributed by atoms with Crippen LogP contribution in [0.2, 0.25) is 0 Å². The highest BCUT2D eigenvalue weighted by Crippen LogP contribution is 2.61. The van der Waals surface area contributed by atoms with Crippen molar-refractivity contribution in [3.63, 3.8) is 0 Å². The van der Waals surface area contributed by atoms with Gasteiger partial charge in [0.1, 0.15) is 0 Å². The van der Waals surface area contributed by atoms with Crippen molar-refractivity contribution in [3.8, 4) is 50.2 Å². The molecule has 11 aromatic rings. The predicted octanol–water partition coefficient (Wildman–Crippen LogP) is 15.9. The molecule has 1 aliphatic heterocycles. The molecule has 63 heavy (non-hydrogen) atoms. The summed E-state index contributed by atoms with van der Waals surface area (Å²) in [6.45, 7) is 0. The molecule has 0 N–H and O–H groups in total. The molecule has 13 rings (SSSR count). The molecule has 1 aliphatic carbocycles. The van der Waals surface area contributed by atoms with E-state index in [2.05, 4.69) is 252 Å². The summed E-state index contributed by atoms with van der Waals surface area (Å²) in [5, 5.41) is 2.57. The fraction of sp³-hybridized carbons (Fsp3) is 0.0164. The molecule has 0 saturated carbocycles. The van der Waals surface area contributed by atoms with Crippen molar-refractivity contribution < 1.29 is 0 Å². The Morgan fingerprint density at radius 1 is 0.302 bits per heavy atom. The van der Waals surface area contributed by atoms with Gasteiger partial charge in [0.05, 0.1) is 22.1 Å². The quantitative estimate of drug-likeness (QED) is 0.163. The molecule has 294 valence electrons. The number of aromatic nitrogens is 1. The number of fused-ring (bicyclic) bond motifs is 12. The number of hydrogen-bond donors (Lipinski definition) is 0. The highest BCUT2D eigenvalue weighted by atomic mass is 15.1. The second-order valence-corrected chi connectivity index (χ2v) is 16.8. The van der Waals surface area contributed by atoms with Crippen molar-refractivity contribution in [2.75, 3.05) is 4.90 Å². The minimum Gasteiger partial charge on any atom is -0.310 e. The molecule has 2 heteroatoms. The summed E-state index contributed by atoms with van der Waals surface area (Å²) >= 11 is 0. The molecule has 10 aromatic carbocycles. The molecule has 0 fully saturated rings. The maximum absolute atomic E-state index is 2.51. The van der Waals surface area contributed by atoms with Gasteiger partial charge in [0, 0.05) is 27.8 Å². The predicted molar refractivity (Wildman–Crippen MR) is 263 cm³/mol. The van der Waals surface area contributed by atoms with E-state index >= 15 is 0 Å². The zero-order chi connectivity index (χ0) is 41.5. The van der Waals surface area contributed by atoms with E-state index in [0.717, 1.165) is 17.1 Å². The Balaban J connectivity index is 1.03. The van der Waals surface area contributed by atoms with E-state index < -0.39 is 5.41 Å². The van der Waals surface area contributed by atoms with E-state index in [4.69, 9.17) is 0 Å². The van der Waals surface area contributed by atoms with Crippen molar-refractivity contribution >= 4 is 38.9 Å². The number of rotatable bonds is 6. The van der Waals surface area contributed by atoms with E-state index in [1.165, 1.54) is 94.3 Å². The van der Waals surface area contributed by atoms with Crippen molar-refractivity contribution in [1.82, 2.24) is 4.57 Å². The number of anilines is 3. The third-order valence-corrected chi connectivity index (χ3v) is 13.6. The lowest BCUT2D eigenvalue weighted by molar-refractivity contribution is 0.748. The number of benzene rings is 10. The molecule has 2 nitrogen and oxygen atoms in total. The van der Waals surface area contributed by atoms with Gasteiger partial charge in [-0.3, -0.25) is 0 Å². The van der Waals surface area contributed by atoms with Crippen LogP contribution in [0.5, 0.6) is 0 Å². The Kier molecular flexibility index (Phi) is 7.85. The second kappa shape index (κ2) is 13.9. The molecule has 2 heterocycles. The average molecular weight is 801 g/mol. The monoisotopic (exact) mass is 800 g/mol. The summed E-state index contributed by atoms with van der Waals surface area (Å²) in [4.78, 5) is 2.43. The van der Waals surface area contributed by atoms with Crippen LogP contribution in [-0.2, 0) is 5.41 Å². The maximum Gasteiger partial charge on any atom is 0.0754 e. The van der Waals surface area contributed by atoms with Crippen LogP contribution in [-0.4, -0.2) is 4.57 Å². The molecule has 0 radical (unpaired) electrons. The van der Waals surface area contributed by atoms with Gasteiger partial charge in [-0.25, -0.2) is 0 Å². The van der Waals surface area contributed by atoms with Gasteiger partial charge in [-0.2, -0.15) is 0 Å². The van der Waals surface area contributed by atoms with Gasteiger partial charge in [0.25, 0.3) is 0 Å².